The molecule has 18 heavy (non-hydrogen) atoms. The summed E-state index contributed by atoms with van der Waals surface area (Å²) in [6, 6.07) is 6.58. The van der Waals surface area contributed by atoms with Gasteiger partial charge in [0, 0.05) is 25.0 Å². The molecular weight excluding hydrogens is 222 g/mol. The summed E-state index contributed by atoms with van der Waals surface area (Å²) in [4.78, 5) is 8.53. The van der Waals surface area contributed by atoms with Gasteiger partial charge in [0.15, 0.2) is 0 Å². The number of aryl methyl sites for hydroxylation is 1. The molecule has 3 heteroatoms. The van der Waals surface area contributed by atoms with E-state index in [-0.39, 0.29) is 0 Å². The minimum Gasteiger partial charge on any atom is -0.357 e. The summed E-state index contributed by atoms with van der Waals surface area (Å²) in [6.45, 7) is 6.52. The van der Waals surface area contributed by atoms with E-state index in [2.05, 4.69) is 54.3 Å². The van der Waals surface area contributed by atoms with Gasteiger partial charge < -0.3 is 5.32 Å². The zero-order chi connectivity index (χ0) is 13.1. The van der Waals surface area contributed by atoms with Gasteiger partial charge in [0.25, 0.3) is 0 Å². The van der Waals surface area contributed by atoms with Crippen molar-refractivity contribution in [1.82, 2.24) is 9.97 Å². The second-order valence-electron chi connectivity index (χ2n) is 4.77. The zero-order valence-corrected chi connectivity index (χ0v) is 11.4. The molecule has 0 bridgehead atoms. The molecule has 0 saturated heterocycles. The molecule has 3 nitrogen and oxygen atoms in total. The van der Waals surface area contributed by atoms with E-state index in [0.717, 1.165) is 5.56 Å². The van der Waals surface area contributed by atoms with Crippen LogP contribution in [0.15, 0.2) is 30.6 Å². The molecule has 0 radical (unpaired) electrons. The van der Waals surface area contributed by atoms with Gasteiger partial charge in [0.1, 0.15) is 0 Å². The highest BCUT2D eigenvalue weighted by Crippen LogP contribution is 2.26. The van der Waals surface area contributed by atoms with Crippen molar-refractivity contribution < 1.29 is 0 Å². The van der Waals surface area contributed by atoms with E-state index in [1.165, 1.54) is 16.7 Å². The van der Waals surface area contributed by atoms with Gasteiger partial charge in [0.2, 0.25) is 5.95 Å². The van der Waals surface area contributed by atoms with E-state index < -0.39 is 0 Å². The molecule has 0 saturated carbocycles. The van der Waals surface area contributed by atoms with Gasteiger partial charge in [-0.2, -0.15) is 0 Å². The van der Waals surface area contributed by atoms with Crippen LogP contribution in [0.5, 0.6) is 0 Å². The SMILES string of the molecule is CNc1ncc(-c2cc(C(C)C)ccc2C)cn1. The van der Waals surface area contributed by atoms with Crippen molar-refractivity contribution in [2.75, 3.05) is 12.4 Å². The number of aromatic nitrogens is 2. The van der Waals surface area contributed by atoms with Gasteiger partial charge in [-0.15, -0.1) is 0 Å². The fourth-order valence-electron chi connectivity index (χ4n) is 1.91. The van der Waals surface area contributed by atoms with Gasteiger partial charge >= 0.3 is 0 Å². The first-order valence-corrected chi connectivity index (χ1v) is 6.22. The Labute approximate surface area is 108 Å². The van der Waals surface area contributed by atoms with E-state index in [0.29, 0.717) is 11.9 Å². The molecule has 0 amide bonds. The maximum atomic E-state index is 4.27. The molecule has 1 aromatic heterocycles. The smallest absolute Gasteiger partial charge is 0.222 e. The largest absolute Gasteiger partial charge is 0.357 e. The van der Waals surface area contributed by atoms with E-state index in [9.17, 15) is 0 Å². The Hall–Kier alpha value is -1.90. The van der Waals surface area contributed by atoms with Crippen LogP contribution in [0.4, 0.5) is 5.95 Å². The van der Waals surface area contributed by atoms with E-state index in [1.807, 2.05) is 19.4 Å². The van der Waals surface area contributed by atoms with Crippen molar-refractivity contribution in [3.05, 3.63) is 41.7 Å². The van der Waals surface area contributed by atoms with Gasteiger partial charge in [0.05, 0.1) is 0 Å². The second kappa shape index (κ2) is 5.17. The highest BCUT2D eigenvalue weighted by molar-refractivity contribution is 5.67. The number of anilines is 1. The molecule has 0 atom stereocenters. The second-order valence-corrected chi connectivity index (χ2v) is 4.77. The topological polar surface area (TPSA) is 37.8 Å². The van der Waals surface area contributed by atoms with Gasteiger partial charge in [-0.05, 0) is 29.5 Å². The Bertz CT molecular complexity index is 530. The zero-order valence-electron chi connectivity index (χ0n) is 11.4. The number of benzene rings is 1. The fourth-order valence-corrected chi connectivity index (χ4v) is 1.91. The summed E-state index contributed by atoms with van der Waals surface area (Å²) in [5, 5.41) is 2.93. The first-order valence-electron chi connectivity index (χ1n) is 6.22. The summed E-state index contributed by atoms with van der Waals surface area (Å²) < 4.78 is 0. The van der Waals surface area contributed by atoms with Crippen molar-refractivity contribution >= 4 is 5.95 Å². The molecule has 94 valence electrons. The quantitative estimate of drug-likeness (QED) is 0.892. The molecule has 0 unspecified atom stereocenters. The average Bonchev–Trinajstić information content (AvgIpc) is 2.39. The van der Waals surface area contributed by atoms with Crippen LogP contribution in [-0.2, 0) is 0 Å². The molecule has 1 heterocycles. The number of nitrogens with zero attached hydrogens (tertiary/aromatic N) is 2. The van der Waals surface area contributed by atoms with Crippen LogP contribution in [-0.4, -0.2) is 17.0 Å². The number of rotatable bonds is 3. The lowest BCUT2D eigenvalue weighted by molar-refractivity contribution is 0.866. The Morgan fingerprint density at radius 1 is 1.11 bits per heavy atom. The molecule has 1 aromatic carbocycles. The Balaban J connectivity index is 2.45. The molecule has 0 aliphatic rings. The third-order valence-electron chi connectivity index (χ3n) is 3.11. The third kappa shape index (κ3) is 2.50. The third-order valence-corrected chi connectivity index (χ3v) is 3.11. The maximum absolute atomic E-state index is 4.27. The maximum Gasteiger partial charge on any atom is 0.222 e. The predicted octanol–water partition coefficient (Wildman–Crippen LogP) is 3.62. The Morgan fingerprint density at radius 2 is 1.78 bits per heavy atom. The van der Waals surface area contributed by atoms with Gasteiger partial charge in [-0.1, -0.05) is 32.0 Å². The minimum absolute atomic E-state index is 0.529. The van der Waals surface area contributed by atoms with Gasteiger partial charge in [-0.3, -0.25) is 0 Å². The minimum atomic E-state index is 0.529. The molecule has 0 aliphatic heterocycles. The van der Waals surface area contributed by atoms with Crippen LogP contribution in [0, 0.1) is 6.92 Å². The summed E-state index contributed by atoms with van der Waals surface area (Å²) in [5.74, 6) is 1.18. The molecule has 2 rings (SSSR count). The van der Waals surface area contributed by atoms with Crippen molar-refractivity contribution in [3.8, 4) is 11.1 Å². The lowest BCUT2D eigenvalue weighted by Gasteiger charge is -2.11. The van der Waals surface area contributed by atoms with Crippen molar-refractivity contribution in [2.45, 2.75) is 26.7 Å². The van der Waals surface area contributed by atoms with Crippen molar-refractivity contribution in [2.24, 2.45) is 0 Å². The molecule has 0 fully saturated rings. The van der Waals surface area contributed by atoms with Crippen LogP contribution in [0.1, 0.15) is 30.9 Å². The highest BCUT2D eigenvalue weighted by atomic mass is 15.1. The molecular formula is C15H19N3. The van der Waals surface area contributed by atoms with E-state index in [1.54, 1.807) is 0 Å². The molecule has 1 N–H and O–H groups in total. The lowest BCUT2D eigenvalue weighted by atomic mass is 9.95. The lowest BCUT2D eigenvalue weighted by Crippen LogP contribution is -1.96. The van der Waals surface area contributed by atoms with Crippen LogP contribution >= 0.6 is 0 Å². The fraction of sp³-hybridized carbons (Fsp3) is 0.333. The van der Waals surface area contributed by atoms with Crippen molar-refractivity contribution in [1.29, 1.82) is 0 Å². The first-order chi connectivity index (χ1) is 8.61. The number of nitrogens with one attached hydrogen (secondary N) is 1. The molecule has 0 aliphatic carbocycles. The van der Waals surface area contributed by atoms with Crippen LogP contribution in [0.25, 0.3) is 11.1 Å². The highest BCUT2D eigenvalue weighted by Gasteiger charge is 2.06. The standard InChI is InChI=1S/C15H19N3/c1-10(2)12-6-5-11(3)14(7-12)13-8-17-15(16-4)18-9-13/h5-10H,1-4H3,(H,16,17,18). The van der Waals surface area contributed by atoms with E-state index >= 15 is 0 Å². The van der Waals surface area contributed by atoms with Gasteiger partial charge in [-0.25, -0.2) is 9.97 Å². The van der Waals surface area contributed by atoms with Crippen LogP contribution in [0.3, 0.4) is 0 Å². The summed E-state index contributed by atoms with van der Waals surface area (Å²) in [6.07, 6.45) is 3.73. The Morgan fingerprint density at radius 3 is 2.33 bits per heavy atom. The average molecular weight is 241 g/mol. The van der Waals surface area contributed by atoms with Crippen molar-refractivity contribution in [3.63, 3.8) is 0 Å². The summed E-state index contributed by atoms with van der Waals surface area (Å²) in [5.41, 5.74) is 4.87. The summed E-state index contributed by atoms with van der Waals surface area (Å²) in [7, 11) is 1.82. The predicted molar refractivity (Wildman–Crippen MR) is 75.8 cm³/mol. The number of hydrogen-bond donors (Lipinski definition) is 1. The normalized spacial score (nSPS) is 10.7. The first kappa shape index (κ1) is 12.6. The Kier molecular flexibility index (Phi) is 3.60. The number of hydrogen-bond acceptors (Lipinski definition) is 3. The molecule has 0 spiro atoms. The van der Waals surface area contributed by atoms with Crippen LogP contribution < -0.4 is 5.32 Å². The van der Waals surface area contributed by atoms with E-state index in [4.69, 9.17) is 0 Å². The monoisotopic (exact) mass is 241 g/mol. The van der Waals surface area contributed by atoms with Crippen LogP contribution in [0.2, 0.25) is 0 Å². The summed E-state index contributed by atoms with van der Waals surface area (Å²) >= 11 is 0. The molecule has 2 aromatic rings.